The minimum Gasteiger partial charge on any atom is -0.497 e. The van der Waals surface area contributed by atoms with Crippen molar-refractivity contribution in [3.63, 3.8) is 0 Å². The van der Waals surface area contributed by atoms with Crippen molar-refractivity contribution in [3.05, 3.63) is 78.0 Å². The molecule has 1 N–H and O–H groups in total. The number of hydrogen-bond acceptors (Lipinski definition) is 4. The third kappa shape index (κ3) is 5.50. The number of ether oxygens (including phenoxy) is 1. The van der Waals surface area contributed by atoms with Gasteiger partial charge in [-0.1, -0.05) is 30.3 Å². The van der Waals surface area contributed by atoms with E-state index in [1.807, 2.05) is 65.7 Å². The molecule has 3 aromatic rings. The Hall–Kier alpha value is -3.18. The Labute approximate surface area is 183 Å². The molecule has 1 unspecified atom stereocenters. The number of methoxy groups -OCH3 is 1. The molecule has 1 aliphatic rings. The number of pyridine rings is 1. The predicted molar refractivity (Wildman–Crippen MR) is 125 cm³/mol. The summed E-state index contributed by atoms with van der Waals surface area (Å²) in [6.45, 7) is 2.37. The van der Waals surface area contributed by atoms with Crippen LogP contribution in [0.3, 0.4) is 0 Å². The summed E-state index contributed by atoms with van der Waals surface area (Å²) in [6.07, 6.45) is 8.48. The lowest BCUT2D eigenvalue weighted by atomic mass is 10.1. The van der Waals surface area contributed by atoms with Gasteiger partial charge >= 0.3 is 0 Å². The zero-order valence-electron chi connectivity index (χ0n) is 18.0. The van der Waals surface area contributed by atoms with Crippen LogP contribution < -0.4 is 10.1 Å². The number of carbonyl (C=O) groups is 1. The van der Waals surface area contributed by atoms with Gasteiger partial charge in [0.2, 0.25) is 5.91 Å². The molecule has 160 valence electrons. The fourth-order valence-electron chi connectivity index (χ4n) is 4.08. The van der Waals surface area contributed by atoms with Crippen molar-refractivity contribution < 1.29 is 9.53 Å². The molecule has 1 aromatic heterocycles. The van der Waals surface area contributed by atoms with Crippen LogP contribution in [0.15, 0.2) is 66.9 Å². The summed E-state index contributed by atoms with van der Waals surface area (Å²) in [5.74, 6) is 0.936. The Morgan fingerprint density at radius 3 is 2.87 bits per heavy atom. The molecule has 1 aliphatic heterocycles. The van der Waals surface area contributed by atoms with Crippen molar-refractivity contribution in [1.29, 1.82) is 0 Å². The molecule has 0 aliphatic carbocycles. The number of carbonyl (C=O) groups excluding carboxylic acids is 1. The van der Waals surface area contributed by atoms with Gasteiger partial charge in [-0.05, 0) is 60.7 Å². The molecular weight excluding hydrogens is 386 g/mol. The quantitative estimate of drug-likeness (QED) is 0.605. The Kier molecular flexibility index (Phi) is 6.95. The standard InChI is InChI=1S/C26H29N3O2/c1-31-23-10-11-25-24(18-23)21(13-15-27-25)19-28-22-8-5-16-29(17-14-22)26(30)12-9-20-6-3-2-4-7-20/h2-4,6-7,9-13,15,18,22,28H,5,8,14,16-17,19H2,1H3. The van der Waals surface area contributed by atoms with Crippen molar-refractivity contribution in [2.75, 3.05) is 20.2 Å². The molecule has 0 bridgehead atoms. The lowest BCUT2D eigenvalue weighted by molar-refractivity contribution is -0.125. The van der Waals surface area contributed by atoms with Gasteiger partial charge in [0.15, 0.2) is 0 Å². The zero-order chi connectivity index (χ0) is 21.5. The summed E-state index contributed by atoms with van der Waals surface area (Å²) in [4.78, 5) is 19.0. The van der Waals surface area contributed by atoms with E-state index in [-0.39, 0.29) is 5.91 Å². The van der Waals surface area contributed by atoms with E-state index < -0.39 is 0 Å². The van der Waals surface area contributed by atoms with E-state index in [1.165, 1.54) is 5.56 Å². The highest BCUT2D eigenvalue weighted by atomic mass is 16.5. The highest BCUT2D eigenvalue weighted by Gasteiger charge is 2.19. The molecule has 5 heteroatoms. The fourth-order valence-corrected chi connectivity index (χ4v) is 4.08. The smallest absolute Gasteiger partial charge is 0.246 e. The number of rotatable bonds is 6. The van der Waals surface area contributed by atoms with Crippen molar-refractivity contribution in [2.24, 2.45) is 0 Å². The van der Waals surface area contributed by atoms with Crippen molar-refractivity contribution in [1.82, 2.24) is 15.2 Å². The Morgan fingerprint density at radius 2 is 2.03 bits per heavy atom. The number of benzene rings is 2. The van der Waals surface area contributed by atoms with Crippen molar-refractivity contribution >= 4 is 22.9 Å². The number of nitrogens with one attached hydrogen (secondary N) is 1. The van der Waals surface area contributed by atoms with Crippen molar-refractivity contribution in [3.8, 4) is 5.75 Å². The minimum atomic E-state index is 0.0942. The van der Waals surface area contributed by atoms with E-state index in [4.69, 9.17) is 4.74 Å². The van der Waals surface area contributed by atoms with Gasteiger partial charge in [0.25, 0.3) is 0 Å². The Balaban J connectivity index is 1.34. The van der Waals surface area contributed by atoms with Gasteiger partial charge in [0, 0.05) is 43.3 Å². The molecule has 2 heterocycles. The number of fused-ring (bicyclic) bond motifs is 1. The first kappa shape index (κ1) is 21.1. The molecule has 5 nitrogen and oxygen atoms in total. The molecular formula is C26H29N3O2. The predicted octanol–water partition coefficient (Wildman–Crippen LogP) is 4.43. The molecule has 31 heavy (non-hydrogen) atoms. The molecule has 1 saturated heterocycles. The number of aromatic nitrogens is 1. The van der Waals surface area contributed by atoms with E-state index in [0.29, 0.717) is 6.04 Å². The first-order chi connectivity index (χ1) is 15.2. The second-order valence-electron chi connectivity index (χ2n) is 7.93. The maximum absolute atomic E-state index is 12.6. The first-order valence-corrected chi connectivity index (χ1v) is 10.9. The molecule has 2 aromatic carbocycles. The summed E-state index contributed by atoms with van der Waals surface area (Å²) in [6, 6.07) is 18.4. The highest BCUT2D eigenvalue weighted by molar-refractivity contribution is 5.91. The maximum Gasteiger partial charge on any atom is 0.246 e. The molecule has 0 radical (unpaired) electrons. The maximum atomic E-state index is 12.6. The summed E-state index contributed by atoms with van der Waals surface area (Å²) in [5, 5.41) is 4.82. The van der Waals surface area contributed by atoms with Gasteiger partial charge in [-0.15, -0.1) is 0 Å². The third-order valence-electron chi connectivity index (χ3n) is 5.88. The largest absolute Gasteiger partial charge is 0.497 e. The number of likely N-dealkylation sites (tertiary alicyclic amines) is 1. The van der Waals surface area contributed by atoms with Crippen LogP contribution in [0.25, 0.3) is 17.0 Å². The number of nitrogens with zero attached hydrogens (tertiary/aromatic N) is 2. The van der Waals surface area contributed by atoms with Crippen LogP contribution >= 0.6 is 0 Å². The van der Waals surface area contributed by atoms with Gasteiger partial charge < -0.3 is 15.0 Å². The van der Waals surface area contributed by atoms with Crippen LogP contribution in [0.5, 0.6) is 5.75 Å². The normalized spacial score (nSPS) is 17.1. The van der Waals surface area contributed by atoms with Crippen LogP contribution in [-0.4, -0.2) is 42.0 Å². The van der Waals surface area contributed by atoms with Gasteiger partial charge in [-0.25, -0.2) is 0 Å². The molecule has 0 spiro atoms. The Morgan fingerprint density at radius 1 is 1.16 bits per heavy atom. The van der Waals surface area contributed by atoms with Crippen molar-refractivity contribution in [2.45, 2.75) is 31.8 Å². The number of amides is 1. The summed E-state index contributed by atoms with van der Waals surface area (Å²) < 4.78 is 5.38. The summed E-state index contributed by atoms with van der Waals surface area (Å²) in [5.41, 5.74) is 3.24. The van der Waals surface area contributed by atoms with Gasteiger partial charge in [-0.2, -0.15) is 0 Å². The third-order valence-corrected chi connectivity index (χ3v) is 5.88. The van der Waals surface area contributed by atoms with Crippen LogP contribution in [0, 0.1) is 0 Å². The summed E-state index contributed by atoms with van der Waals surface area (Å²) >= 11 is 0. The van der Waals surface area contributed by atoms with E-state index >= 15 is 0 Å². The SMILES string of the molecule is COc1ccc2nccc(CNC3CCCN(C(=O)C=Cc4ccccc4)CC3)c2c1. The van der Waals surface area contributed by atoms with E-state index in [2.05, 4.69) is 16.4 Å². The Bertz CT molecular complexity index is 1050. The number of hydrogen-bond donors (Lipinski definition) is 1. The van der Waals surface area contributed by atoms with Gasteiger partial charge in [0.05, 0.1) is 12.6 Å². The van der Waals surface area contributed by atoms with Crippen LogP contribution in [0.1, 0.15) is 30.4 Å². The summed E-state index contributed by atoms with van der Waals surface area (Å²) in [7, 11) is 1.68. The average Bonchev–Trinajstić information content (AvgIpc) is 3.07. The second-order valence-corrected chi connectivity index (χ2v) is 7.93. The van der Waals surface area contributed by atoms with Gasteiger partial charge in [0.1, 0.15) is 5.75 Å². The minimum absolute atomic E-state index is 0.0942. The molecule has 1 fully saturated rings. The van der Waals surface area contributed by atoms with E-state index in [0.717, 1.165) is 61.1 Å². The monoisotopic (exact) mass is 415 g/mol. The van der Waals surface area contributed by atoms with E-state index in [1.54, 1.807) is 13.2 Å². The van der Waals surface area contributed by atoms with E-state index in [9.17, 15) is 4.79 Å². The van der Waals surface area contributed by atoms with Gasteiger partial charge in [-0.3, -0.25) is 9.78 Å². The first-order valence-electron chi connectivity index (χ1n) is 10.9. The van der Waals surface area contributed by atoms with Crippen LogP contribution in [0.4, 0.5) is 0 Å². The molecule has 1 amide bonds. The second kappa shape index (κ2) is 10.2. The van der Waals surface area contributed by atoms with Crippen LogP contribution in [0.2, 0.25) is 0 Å². The van der Waals surface area contributed by atoms with Crippen LogP contribution in [-0.2, 0) is 11.3 Å². The highest BCUT2D eigenvalue weighted by Crippen LogP contribution is 2.23. The topological polar surface area (TPSA) is 54.5 Å². The molecule has 1 atom stereocenters. The average molecular weight is 416 g/mol. The lowest BCUT2D eigenvalue weighted by Gasteiger charge is -2.19. The zero-order valence-corrected chi connectivity index (χ0v) is 18.0. The lowest BCUT2D eigenvalue weighted by Crippen LogP contribution is -2.33. The molecule has 0 saturated carbocycles. The fraction of sp³-hybridized carbons (Fsp3) is 0.308. The molecule has 4 rings (SSSR count).